The van der Waals surface area contributed by atoms with Crippen LogP contribution in [0.4, 0.5) is 11.4 Å². The third-order valence-electron chi connectivity index (χ3n) is 4.60. The van der Waals surface area contributed by atoms with Crippen LogP contribution in [-0.2, 0) is 11.2 Å². The predicted octanol–water partition coefficient (Wildman–Crippen LogP) is 4.05. The van der Waals surface area contributed by atoms with Gasteiger partial charge in [-0.25, -0.2) is 0 Å². The van der Waals surface area contributed by atoms with E-state index in [1.165, 1.54) is 6.92 Å². The molecule has 148 valence electrons. The predicted molar refractivity (Wildman–Crippen MR) is 110 cm³/mol. The lowest BCUT2D eigenvalue weighted by Gasteiger charge is -2.19. The molecule has 2 atom stereocenters. The Balaban J connectivity index is 1.74. The zero-order chi connectivity index (χ0) is 20.3. The van der Waals surface area contributed by atoms with Gasteiger partial charge in [-0.05, 0) is 45.9 Å². The van der Waals surface area contributed by atoms with Gasteiger partial charge in [-0.15, -0.1) is 0 Å². The Labute approximate surface area is 165 Å². The average Bonchev–Trinajstić information content (AvgIpc) is 3.01. The molecule has 1 aliphatic heterocycles. The minimum atomic E-state index is -0.517. The van der Waals surface area contributed by atoms with Crippen molar-refractivity contribution >= 4 is 23.1 Å². The molecule has 1 heterocycles. The molecule has 0 saturated carbocycles. The number of rotatable bonds is 7. The fourth-order valence-electron chi connectivity index (χ4n) is 3.19. The molecule has 1 aliphatic rings. The molecule has 0 aromatic heterocycles. The smallest absolute Gasteiger partial charge is 0.246 e. The third-order valence-corrected chi connectivity index (χ3v) is 4.60. The van der Waals surface area contributed by atoms with Crippen LogP contribution in [0.1, 0.15) is 43.6 Å². The summed E-state index contributed by atoms with van der Waals surface area (Å²) in [5.41, 5.74) is 2.97. The molecular formula is C22H26N2O4. The third kappa shape index (κ3) is 4.44. The summed E-state index contributed by atoms with van der Waals surface area (Å²) in [4.78, 5) is 24.1. The second-order valence-electron chi connectivity index (χ2n) is 7.01. The van der Waals surface area contributed by atoms with E-state index in [-0.39, 0.29) is 17.8 Å². The highest BCUT2D eigenvalue weighted by Gasteiger charge is 2.23. The second-order valence-corrected chi connectivity index (χ2v) is 7.01. The van der Waals surface area contributed by atoms with Crippen molar-refractivity contribution in [2.75, 3.05) is 17.2 Å². The fourth-order valence-corrected chi connectivity index (χ4v) is 3.19. The summed E-state index contributed by atoms with van der Waals surface area (Å²) in [6, 6.07) is 10.2. The Morgan fingerprint density at radius 2 is 2.07 bits per heavy atom. The van der Waals surface area contributed by atoms with Crippen molar-refractivity contribution in [3.63, 3.8) is 0 Å². The van der Waals surface area contributed by atoms with E-state index in [4.69, 9.17) is 9.47 Å². The van der Waals surface area contributed by atoms with Crippen molar-refractivity contribution in [1.82, 2.24) is 0 Å². The highest BCUT2D eigenvalue weighted by atomic mass is 16.5. The van der Waals surface area contributed by atoms with Gasteiger partial charge >= 0.3 is 0 Å². The van der Waals surface area contributed by atoms with Crippen LogP contribution in [-0.4, -0.2) is 30.4 Å². The molecular weight excluding hydrogens is 356 g/mol. The molecule has 0 saturated heterocycles. The van der Waals surface area contributed by atoms with Crippen LogP contribution in [0.25, 0.3) is 0 Å². The lowest BCUT2D eigenvalue weighted by atomic mass is 10.1. The van der Waals surface area contributed by atoms with Crippen molar-refractivity contribution in [1.29, 1.82) is 0 Å². The first-order chi connectivity index (χ1) is 13.4. The van der Waals surface area contributed by atoms with Gasteiger partial charge < -0.3 is 20.1 Å². The average molecular weight is 382 g/mol. The van der Waals surface area contributed by atoms with Gasteiger partial charge in [0.05, 0.1) is 12.3 Å². The number of hydrogen-bond acceptors (Lipinski definition) is 5. The number of ether oxygens (including phenoxy) is 2. The van der Waals surface area contributed by atoms with Crippen LogP contribution >= 0.6 is 0 Å². The van der Waals surface area contributed by atoms with Gasteiger partial charge in [-0.3, -0.25) is 9.59 Å². The van der Waals surface area contributed by atoms with Gasteiger partial charge in [0.1, 0.15) is 23.6 Å². The van der Waals surface area contributed by atoms with Crippen molar-refractivity contribution in [2.24, 2.45) is 0 Å². The van der Waals surface area contributed by atoms with Gasteiger partial charge in [0.2, 0.25) is 5.91 Å². The molecule has 1 amide bonds. The van der Waals surface area contributed by atoms with E-state index in [9.17, 15) is 9.59 Å². The quantitative estimate of drug-likeness (QED) is 0.707. The molecule has 0 fully saturated rings. The summed E-state index contributed by atoms with van der Waals surface area (Å²) in [7, 11) is 0. The Morgan fingerprint density at radius 1 is 1.29 bits per heavy atom. The molecule has 2 N–H and O–H groups in total. The lowest BCUT2D eigenvalue weighted by molar-refractivity contribution is -0.116. The molecule has 2 aromatic rings. The highest BCUT2D eigenvalue weighted by molar-refractivity contribution is 5.99. The Morgan fingerprint density at radius 3 is 2.79 bits per heavy atom. The summed E-state index contributed by atoms with van der Waals surface area (Å²) in [5.74, 6) is 1.27. The SMILES string of the molecule is CCOc1cc2c(cc1N[C@@H](C)C(=O)Nc1cccc(C(C)=O)c1)O[C@@H](C)C2. The Bertz CT molecular complexity index is 894. The topological polar surface area (TPSA) is 76.7 Å². The van der Waals surface area contributed by atoms with E-state index in [2.05, 4.69) is 10.6 Å². The van der Waals surface area contributed by atoms with Crippen LogP contribution in [0, 0.1) is 0 Å². The molecule has 0 spiro atoms. The zero-order valence-electron chi connectivity index (χ0n) is 16.7. The molecule has 6 heteroatoms. The molecule has 28 heavy (non-hydrogen) atoms. The number of Topliss-reactive ketones (excluding diaryl/α,β-unsaturated/α-hetero) is 1. The van der Waals surface area contributed by atoms with E-state index in [0.717, 1.165) is 23.4 Å². The van der Waals surface area contributed by atoms with Crippen molar-refractivity contribution in [3.8, 4) is 11.5 Å². The number of carbonyl (C=O) groups excluding carboxylic acids is 2. The molecule has 6 nitrogen and oxygen atoms in total. The lowest BCUT2D eigenvalue weighted by Crippen LogP contribution is -2.32. The summed E-state index contributed by atoms with van der Waals surface area (Å²) < 4.78 is 11.6. The largest absolute Gasteiger partial charge is 0.492 e. The number of anilines is 2. The van der Waals surface area contributed by atoms with Crippen LogP contribution in [0.5, 0.6) is 11.5 Å². The molecule has 0 radical (unpaired) electrons. The summed E-state index contributed by atoms with van der Waals surface area (Å²) in [6.45, 7) is 7.75. The Kier molecular flexibility index (Phi) is 5.87. The standard InChI is InChI=1S/C22H26N2O4/c1-5-27-21-11-17-9-13(2)28-20(17)12-19(21)23-14(3)22(26)24-18-8-6-7-16(10-18)15(4)25/h6-8,10-14,23H,5,9H2,1-4H3,(H,24,26)/t13-,14-/m0/s1. The minimum absolute atomic E-state index is 0.0454. The van der Waals surface area contributed by atoms with E-state index in [1.807, 2.05) is 26.0 Å². The summed E-state index contributed by atoms with van der Waals surface area (Å²) in [5, 5.41) is 6.06. The monoisotopic (exact) mass is 382 g/mol. The fraction of sp³-hybridized carbons (Fsp3) is 0.364. The van der Waals surface area contributed by atoms with E-state index in [0.29, 0.717) is 23.6 Å². The number of ketones is 1. The van der Waals surface area contributed by atoms with Gasteiger partial charge in [0.15, 0.2) is 5.78 Å². The van der Waals surface area contributed by atoms with Crippen LogP contribution in [0.3, 0.4) is 0 Å². The first-order valence-corrected chi connectivity index (χ1v) is 9.52. The number of benzene rings is 2. The van der Waals surface area contributed by atoms with Crippen molar-refractivity contribution in [3.05, 3.63) is 47.5 Å². The molecule has 0 unspecified atom stereocenters. The van der Waals surface area contributed by atoms with Crippen molar-refractivity contribution in [2.45, 2.75) is 46.3 Å². The van der Waals surface area contributed by atoms with E-state index >= 15 is 0 Å². The van der Waals surface area contributed by atoms with E-state index < -0.39 is 6.04 Å². The molecule has 3 rings (SSSR count). The number of amides is 1. The first-order valence-electron chi connectivity index (χ1n) is 9.52. The van der Waals surface area contributed by atoms with Crippen LogP contribution in [0.15, 0.2) is 36.4 Å². The van der Waals surface area contributed by atoms with Crippen LogP contribution in [0.2, 0.25) is 0 Å². The molecule has 2 aromatic carbocycles. The van der Waals surface area contributed by atoms with Gasteiger partial charge in [0, 0.05) is 29.3 Å². The number of nitrogens with one attached hydrogen (secondary N) is 2. The number of hydrogen-bond donors (Lipinski definition) is 2. The van der Waals surface area contributed by atoms with Gasteiger partial charge in [0.25, 0.3) is 0 Å². The summed E-state index contributed by atoms with van der Waals surface area (Å²) >= 11 is 0. The van der Waals surface area contributed by atoms with Crippen LogP contribution < -0.4 is 20.1 Å². The van der Waals surface area contributed by atoms with Gasteiger partial charge in [-0.2, -0.15) is 0 Å². The van der Waals surface area contributed by atoms with E-state index in [1.54, 1.807) is 31.2 Å². The number of carbonyl (C=O) groups is 2. The maximum absolute atomic E-state index is 12.6. The summed E-state index contributed by atoms with van der Waals surface area (Å²) in [6.07, 6.45) is 0.979. The minimum Gasteiger partial charge on any atom is -0.492 e. The first kappa shape index (κ1) is 19.7. The maximum atomic E-state index is 12.6. The van der Waals surface area contributed by atoms with Gasteiger partial charge in [-0.1, -0.05) is 12.1 Å². The maximum Gasteiger partial charge on any atom is 0.246 e. The highest BCUT2D eigenvalue weighted by Crippen LogP contribution is 2.38. The Hall–Kier alpha value is -3.02. The molecule has 0 aliphatic carbocycles. The second kappa shape index (κ2) is 8.33. The normalized spacial score (nSPS) is 15.9. The van der Waals surface area contributed by atoms with Crippen molar-refractivity contribution < 1.29 is 19.1 Å². The zero-order valence-corrected chi connectivity index (χ0v) is 16.7. The molecule has 0 bridgehead atoms. The number of fused-ring (bicyclic) bond motifs is 1.